The van der Waals surface area contributed by atoms with Gasteiger partial charge >= 0.3 is 0 Å². The third-order valence-electron chi connectivity index (χ3n) is 3.47. The van der Waals surface area contributed by atoms with Gasteiger partial charge < -0.3 is 9.53 Å². The molecule has 0 radical (unpaired) electrons. The first kappa shape index (κ1) is 17.7. The topological polar surface area (TPSA) is 26.3 Å². The molecule has 118 valence electrons. The molecule has 1 rings (SSSR count). The molecular weight excluding hydrogens is 267 g/mol. The lowest BCUT2D eigenvalue weighted by molar-refractivity contribution is -0.117. The van der Waals surface area contributed by atoms with Crippen molar-refractivity contribution in [3.63, 3.8) is 0 Å². The number of hydrogen-bond acceptors (Lipinski definition) is 2. The number of aryl methyl sites for hydroxylation is 1. The maximum atomic E-state index is 14.4. The number of hydrogen-bond donors (Lipinski definition) is 0. The number of halogens is 1. The highest BCUT2D eigenvalue weighted by molar-refractivity contribution is 5.75. The Hall–Kier alpha value is -1.38. The third kappa shape index (κ3) is 6.28. The van der Waals surface area contributed by atoms with Crippen LogP contribution in [-0.4, -0.2) is 12.4 Å². The summed E-state index contributed by atoms with van der Waals surface area (Å²) >= 11 is 0. The quantitative estimate of drug-likeness (QED) is 0.608. The fourth-order valence-corrected chi connectivity index (χ4v) is 2.22. The smallest absolute Gasteiger partial charge is 0.168 e. The van der Waals surface area contributed by atoms with Crippen molar-refractivity contribution in [1.82, 2.24) is 0 Å². The van der Waals surface area contributed by atoms with Gasteiger partial charge in [0.25, 0.3) is 0 Å². The molecule has 0 aliphatic heterocycles. The molecule has 0 spiro atoms. The number of benzene rings is 1. The molecule has 0 bridgehead atoms. The Kier molecular flexibility index (Phi) is 7.41. The number of ether oxygens (including phenoxy) is 1. The number of carbonyl (C=O) groups excluding carboxylic acids is 1. The number of ketones is 1. The van der Waals surface area contributed by atoms with Crippen molar-refractivity contribution in [3.8, 4) is 5.75 Å². The van der Waals surface area contributed by atoms with Gasteiger partial charge in [-0.25, -0.2) is 4.39 Å². The van der Waals surface area contributed by atoms with Gasteiger partial charge in [0.1, 0.15) is 5.78 Å². The lowest BCUT2D eigenvalue weighted by Gasteiger charge is -2.14. The van der Waals surface area contributed by atoms with Crippen LogP contribution in [-0.2, 0) is 11.2 Å². The average Bonchev–Trinajstić information content (AvgIpc) is 2.40. The van der Waals surface area contributed by atoms with Crippen LogP contribution in [0.5, 0.6) is 5.75 Å². The van der Waals surface area contributed by atoms with Crippen LogP contribution >= 0.6 is 0 Å². The van der Waals surface area contributed by atoms with Gasteiger partial charge in [-0.3, -0.25) is 0 Å². The summed E-state index contributed by atoms with van der Waals surface area (Å²) in [5.74, 6) is 0.734. The summed E-state index contributed by atoms with van der Waals surface area (Å²) in [6.45, 7) is 8.15. The maximum Gasteiger partial charge on any atom is 0.168 e. The fourth-order valence-electron chi connectivity index (χ4n) is 2.22. The zero-order chi connectivity index (χ0) is 15.8. The Bertz CT molecular complexity index is 467. The average molecular weight is 294 g/mol. The van der Waals surface area contributed by atoms with Gasteiger partial charge in [0.2, 0.25) is 0 Å². The first-order valence-electron chi connectivity index (χ1n) is 7.82. The summed E-state index contributed by atoms with van der Waals surface area (Å²) in [4.78, 5) is 10.9. The summed E-state index contributed by atoms with van der Waals surface area (Å²) < 4.78 is 20.0. The molecule has 3 heteroatoms. The van der Waals surface area contributed by atoms with Crippen molar-refractivity contribution in [2.75, 3.05) is 6.61 Å². The minimum absolute atomic E-state index is 0.220. The molecule has 0 saturated heterocycles. The van der Waals surface area contributed by atoms with Crippen molar-refractivity contribution in [2.24, 2.45) is 5.92 Å². The minimum atomic E-state index is -0.220. The Labute approximate surface area is 127 Å². The van der Waals surface area contributed by atoms with E-state index in [1.54, 1.807) is 13.0 Å². The molecule has 0 fully saturated rings. The van der Waals surface area contributed by atoms with E-state index in [4.69, 9.17) is 4.74 Å². The molecule has 0 atom stereocenters. The van der Waals surface area contributed by atoms with E-state index in [0.29, 0.717) is 31.1 Å². The zero-order valence-corrected chi connectivity index (χ0v) is 13.7. The molecule has 1 aromatic rings. The van der Waals surface area contributed by atoms with Gasteiger partial charge in [-0.2, -0.15) is 0 Å². The lowest BCUT2D eigenvalue weighted by Crippen LogP contribution is -2.07. The molecule has 21 heavy (non-hydrogen) atoms. The Morgan fingerprint density at radius 1 is 1.24 bits per heavy atom. The lowest BCUT2D eigenvalue weighted by atomic mass is 10.0. The molecule has 0 N–H and O–H groups in total. The highest BCUT2D eigenvalue weighted by atomic mass is 19.1. The van der Waals surface area contributed by atoms with E-state index in [1.165, 1.54) is 0 Å². The second kappa shape index (κ2) is 8.81. The second-order valence-electron chi connectivity index (χ2n) is 6.14. The third-order valence-corrected chi connectivity index (χ3v) is 3.47. The molecule has 0 unspecified atom stereocenters. The van der Waals surface area contributed by atoms with E-state index in [0.717, 1.165) is 30.4 Å². The van der Waals surface area contributed by atoms with Gasteiger partial charge in [0.15, 0.2) is 11.6 Å². The molecule has 0 heterocycles. The number of Topliss-reactive ketones (excluding diaryl/α,β-unsaturated/α-hetero) is 1. The van der Waals surface area contributed by atoms with E-state index in [9.17, 15) is 9.18 Å². The first-order chi connectivity index (χ1) is 9.91. The van der Waals surface area contributed by atoms with Crippen molar-refractivity contribution in [2.45, 2.75) is 59.8 Å². The van der Waals surface area contributed by atoms with Crippen LogP contribution in [0.4, 0.5) is 4.39 Å². The molecule has 2 nitrogen and oxygen atoms in total. The molecular formula is C18H27FO2. The normalized spacial score (nSPS) is 11.0. The Balaban J connectivity index is 2.59. The number of carbonyl (C=O) groups is 1. The van der Waals surface area contributed by atoms with Crippen molar-refractivity contribution in [1.29, 1.82) is 0 Å². The first-order valence-corrected chi connectivity index (χ1v) is 7.82. The SMILES string of the molecule is CC(=O)CCCCCc1c(C)ccc(OCC(C)C)c1F. The highest BCUT2D eigenvalue weighted by Gasteiger charge is 2.12. The van der Waals surface area contributed by atoms with E-state index in [1.807, 2.05) is 26.8 Å². The van der Waals surface area contributed by atoms with Gasteiger partial charge in [-0.15, -0.1) is 0 Å². The fraction of sp³-hybridized carbons (Fsp3) is 0.611. The van der Waals surface area contributed by atoms with Gasteiger partial charge in [-0.05, 0) is 56.2 Å². The molecule has 0 saturated carbocycles. The minimum Gasteiger partial charge on any atom is -0.490 e. The largest absolute Gasteiger partial charge is 0.490 e. The van der Waals surface area contributed by atoms with E-state index >= 15 is 0 Å². The van der Waals surface area contributed by atoms with Gasteiger partial charge in [0.05, 0.1) is 6.61 Å². The predicted octanol–water partition coefficient (Wildman–Crippen LogP) is 4.86. The van der Waals surface area contributed by atoms with Crippen molar-refractivity contribution >= 4 is 5.78 Å². The summed E-state index contributed by atoms with van der Waals surface area (Å²) in [7, 11) is 0. The van der Waals surface area contributed by atoms with Crippen LogP contribution in [0.1, 0.15) is 57.6 Å². The van der Waals surface area contributed by atoms with Crippen LogP contribution in [0.15, 0.2) is 12.1 Å². The molecule has 0 amide bonds. The van der Waals surface area contributed by atoms with Crippen LogP contribution in [0.25, 0.3) is 0 Å². The second-order valence-corrected chi connectivity index (χ2v) is 6.14. The van der Waals surface area contributed by atoms with Crippen LogP contribution in [0, 0.1) is 18.7 Å². The zero-order valence-electron chi connectivity index (χ0n) is 13.7. The van der Waals surface area contributed by atoms with Crippen LogP contribution in [0.2, 0.25) is 0 Å². The van der Waals surface area contributed by atoms with E-state index < -0.39 is 0 Å². The Morgan fingerprint density at radius 2 is 1.95 bits per heavy atom. The molecule has 0 aliphatic rings. The summed E-state index contributed by atoms with van der Waals surface area (Å²) in [6, 6.07) is 3.63. The summed E-state index contributed by atoms with van der Waals surface area (Å²) in [5, 5.41) is 0. The van der Waals surface area contributed by atoms with E-state index in [-0.39, 0.29) is 11.6 Å². The predicted molar refractivity (Wildman–Crippen MR) is 84.3 cm³/mol. The van der Waals surface area contributed by atoms with Crippen molar-refractivity contribution in [3.05, 3.63) is 29.1 Å². The molecule has 1 aromatic carbocycles. The Morgan fingerprint density at radius 3 is 2.57 bits per heavy atom. The number of unbranched alkanes of at least 4 members (excludes halogenated alkanes) is 2. The summed E-state index contributed by atoms with van der Waals surface area (Å²) in [6.07, 6.45) is 4.07. The maximum absolute atomic E-state index is 14.4. The van der Waals surface area contributed by atoms with E-state index in [2.05, 4.69) is 0 Å². The molecule has 0 aliphatic carbocycles. The monoisotopic (exact) mass is 294 g/mol. The van der Waals surface area contributed by atoms with Crippen LogP contribution in [0.3, 0.4) is 0 Å². The highest BCUT2D eigenvalue weighted by Crippen LogP contribution is 2.25. The summed E-state index contributed by atoms with van der Waals surface area (Å²) in [5.41, 5.74) is 1.72. The van der Waals surface area contributed by atoms with Crippen LogP contribution < -0.4 is 4.74 Å². The van der Waals surface area contributed by atoms with Gasteiger partial charge in [0, 0.05) is 6.42 Å². The van der Waals surface area contributed by atoms with Gasteiger partial charge in [-0.1, -0.05) is 26.3 Å². The number of rotatable bonds is 9. The molecule has 0 aromatic heterocycles. The standard InChI is InChI=1S/C18H27FO2/c1-13(2)12-21-17-11-10-14(3)16(18(17)19)9-7-5-6-8-15(4)20/h10-11,13H,5-9,12H2,1-4H3. The van der Waals surface area contributed by atoms with Crippen molar-refractivity contribution < 1.29 is 13.9 Å².